The monoisotopic (exact) mass is 370 g/mol. The van der Waals surface area contributed by atoms with Gasteiger partial charge in [-0.3, -0.25) is 9.69 Å². The summed E-state index contributed by atoms with van der Waals surface area (Å²) in [7, 11) is 0. The van der Waals surface area contributed by atoms with Gasteiger partial charge in [0.25, 0.3) is 0 Å². The molecule has 7 heteroatoms. The van der Waals surface area contributed by atoms with Crippen molar-refractivity contribution in [2.75, 3.05) is 44.2 Å². The molecule has 1 fully saturated rings. The molecule has 1 aromatic heterocycles. The summed E-state index contributed by atoms with van der Waals surface area (Å²) in [6, 6.07) is 13.3. The smallest absolute Gasteiger partial charge is 0.317 e. The zero-order valence-electron chi connectivity index (χ0n) is 15.6. The highest BCUT2D eigenvalue weighted by atomic mass is 16.3. The molecule has 144 valence electrons. The number of furan rings is 1. The summed E-state index contributed by atoms with van der Waals surface area (Å²) in [6.07, 6.45) is 1.61. The van der Waals surface area contributed by atoms with E-state index in [1.54, 1.807) is 16.1 Å². The standard InChI is InChI=1S/C20H26N4O3/c1-2-21-20(26)23-12-10-22(11-13-23)16-19(25)24(15-18-9-6-14-27-18)17-7-4-3-5-8-17/h3-9,14H,2,10-13,15-16H2,1H3,(H,21,26). The fourth-order valence-corrected chi connectivity index (χ4v) is 3.14. The molecule has 1 aliphatic heterocycles. The fraction of sp³-hybridized carbons (Fsp3) is 0.400. The van der Waals surface area contributed by atoms with Crippen molar-refractivity contribution in [1.82, 2.24) is 15.1 Å². The Morgan fingerprint density at radius 1 is 1.07 bits per heavy atom. The normalized spacial score (nSPS) is 14.8. The van der Waals surface area contributed by atoms with E-state index in [-0.39, 0.29) is 11.9 Å². The molecule has 0 bridgehead atoms. The van der Waals surface area contributed by atoms with E-state index < -0.39 is 0 Å². The molecule has 7 nitrogen and oxygen atoms in total. The van der Waals surface area contributed by atoms with E-state index in [4.69, 9.17) is 4.42 Å². The van der Waals surface area contributed by atoms with Crippen molar-refractivity contribution in [3.8, 4) is 0 Å². The summed E-state index contributed by atoms with van der Waals surface area (Å²) in [5, 5.41) is 2.82. The van der Waals surface area contributed by atoms with Gasteiger partial charge >= 0.3 is 6.03 Å². The highest BCUT2D eigenvalue weighted by Gasteiger charge is 2.25. The third-order valence-electron chi connectivity index (χ3n) is 4.61. The number of nitrogens with zero attached hydrogens (tertiary/aromatic N) is 3. The maximum absolute atomic E-state index is 13.0. The number of hydrogen-bond donors (Lipinski definition) is 1. The lowest BCUT2D eigenvalue weighted by Crippen LogP contribution is -2.53. The molecule has 2 aromatic rings. The SMILES string of the molecule is CCNC(=O)N1CCN(CC(=O)N(Cc2ccco2)c2ccccc2)CC1. The van der Waals surface area contributed by atoms with Crippen molar-refractivity contribution in [2.45, 2.75) is 13.5 Å². The second-order valence-electron chi connectivity index (χ2n) is 6.49. The lowest BCUT2D eigenvalue weighted by Gasteiger charge is -2.35. The molecule has 1 aliphatic rings. The van der Waals surface area contributed by atoms with Crippen LogP contribution in [0.25, 0.3) is 0 Å². The predicted octanol–water partition coefficient (Wildman–Crippen LogP) is 2.16. The van der Waals surface area contributed by atoms with Gasteiger partial charge in [-0.1, -0.05) is 18.2 Å². The second kappa shape index (κ2) is 9.23. The number of nitrogens with one attached hydrogen (secondary N) is 1. The van der Waals surface area contributed by atoms with Crippen molar-refractivity contribution in [3.05, 3.63) is 54.5 Å². The summed E-state index contributed by atoms with van der Waals surface area (Å²) in [5.41, 5.74) is 0.847. The van der Waals surface area contributed by atoms with Crippen molar-refractivity contribution >= 4 is 17.6 Å². The van der Waals surface area contributed by atoms with Gasteiger partial charge in [-0.2, -0.15) is 0 Å². The first-order valence-corrected chi connectivity index (χ1v) is 9.30. The number of carbonyl (C=O) groups excluding carboxylic acids is 2. The number of hydrogen-bond acceptors (Lipinski definition) is 4. The number of piperazine rings is 1. The van der Waals surface area contributed by atoms with Gasteiger partial charge in [-0.25, -0.2) is 4.79 Å². The minimum atomic E-state index is -0.0350. The molecule has 2 heterocycles. The van der Waals surface area contributed by atoms with Gasteiger partial charge in [0.05, 0.1) is 19.4 Å². The summed E-state index contributed by atoms with van der Waals surface area (Å²) in [5.74, 6) is 0.761. The molecule has 1 N–H and O–H groups in total. The number of para-hydroxylation sites is 1. The molecule has 3 amide bonds. The van der Waals surface area contributed by atoms with Crippen LogP contribution in [0.4, 0.5) is 10.5 Å². The van der Waals surface area contributed by atoms with Crippen LogP contribution in [-0.4, -0.2) is 61.0 Å². The Morgan fingerprint density at radius 3 is 2.44 bits per heavy atom. The quantitative estimate of drug-likeness (QED) is 0.846. The molecule has 0 unspecified atom stereocenters. The number of carbonyl (C=O) groups is 2. The maximum Gasteiger partial charge on any atom is 0.317 e. The van der Waals surface area contributed by atoms with Gasteiger partial charge in [-0.05, 0) is 31.2 Å². The highest BCUT2D eigenvalue weighted by molar-refractivity contribution is 5.94. The molecule has 27 heavy (non-hydrogen) atoms. The largest absolute Gasteiger partial charge is 0.467 e. The number of anilines is 1. The molecule has 0 radical (unpaired) electrons. The van der Waals surface area contributed by atoms with Crippen molar-refractivity contribution in [3.63, 3.8) is 0 Å². The van der Waals surface area contributed by atoms with E-state index in [1.165, 1.54) is 0 Å². The van der Waals surface area contributed by atoms with Crippen LogP contribution < -0.4 is 10.2 Å². The third kappa shape index (κ3) is 5.10. The molecular formula is C20H26N4O3. The minimum absolute atomic E-state index is 0.0176. The molecule has 0 atom stereocenters. The van der Waals surface area contributed by atoms with Crippen LogP contribution in [0.2, 0.25) is 0 Å². The van der Waals surface area contributed by atoms with Gasteiger partial charge in [0.15, 0.2) is 0 Å². The van der Waals surface area contributed by atoms with Crippen LogP contribution in [-0.2, 0) is 11.3 Å². The minimum Gasteiger partial charge on any atom is -0.467 e. The van der Waals surface area contributed by atoms with Crippen molar-refractivity contribution in [2.24, 2.45) is 0 Å². The zero-order valence-corrected chi connectivity index (χ0v) is 15.6. The Balaban J connectivity index is 1.61. The zero-order chi connectivity index (χ0) is 19.1. The highest BCUT2D eigenvalue weighted by Crippen LogP contribution is 2.18. The number of urea groups is 1. The van der Waals surface area contributed by atoms with Crippen LogP contribution >= 0.6 is 0 Å². The van der Waals surface area contributed by atoms with Crippen LogP contribution in [0.5, 0.6) is 0 Å². The second-order valence-corrected chi connectivity index (χ2v) is 6.49. The first-order chi connectivity index (χ1) is 13.2. The Bertz CT molecular complexity index is 725. The van der Waals surface area contributed by atoms with Gasteiger partial charge in [0, 0.05) is 38.4 Å². The van der Waals surface area contributed by atoms with Crippen molar-refractivity contribution in [1.29, 1.82) is 0 Å². The Morgan fingerprint density at radius 2 is 1.81 bits per heavy atom. The topological polar surface area (TPSA) is 69.0 Å². The molecule has 0 saturated carbocycles. The van der Waals surface area contributed by atoms with Gasteiger partial charge in [0.2, 0.25) is 5.91 Å². The molecule has 1 saturated heterocycles. The van der Waals surface area contributed by atoms with E-state index in [0.29, 0.717) is 45.8 Å². The van der Waals surface area contributed by atoms with E-state index in [2.05, 4.69) is 10.2 Å². The summed E-state index contributed by atoms with van der Waals surface area (Å²) < 4.78 is 5.43. The summed E-state index contributed by atoms with van der Waals surface area (Å²) in [4.78, 5) is 30.5. The lowest BCUT2D eigenvalue weighted by atomic mass is 10.2. The maximum atomic E-state index is 13.0. The number of amides is 3. The number of rotatable bonds is 6. The van der Waals surface area contributed by atoms with Crippen LogP contribution in [0.1, 0.15) is 12.7 Å². The van der Waals surface area contributed by atoms with Crippen LogP contribution in [0, 0.1) is 0 Å². The average molecular weight is 370 g/mol. The van der Waals surface area contributed by atoms with Crippen LogP contribution in [0.15, 0.2) is 53.1 Å². The summed E-state index contributed by atoms with van der Waals surface area (Å²) in [6.45, 7) is 5.87. The van der Waals surface area contributed by atoms with Gasteiger partial charge in [-0.15, -0.1) is 0 Å². The first kappa shape index (κ1) is 19.0. The van der Waals surface area contributed by atoms with E-state index in [1.807, 2.05) is 49.4 Å². The Hall–Kier alpha value is -2.80. The predicted molar refractivity (Wildman–Crippen MR) is 103 cm³/mol. The Kier molecular flexibility index (Phi) is 6.49. The van der Waals surface area contributed by atoms with E-state index in [0.717, 1.165) is 11.4 Å². The molecule has 0 aliphatic carbocycles. The lowest BCUT2D eigenvalue weighted by molar-refractivity contribution is -0.120. The average Bonchev–Trinajstić information content (AvgIpc) is 3.21. The fourth-order valence-electron chi connectivity index (χ4n) is 3.14. The van der Waals surface area contributed by atoms with Gasteiger partial charge in [0.1, 0.15) is 5.76 Å². The third-order valence-corrected chi connectivity index (χ3v) is 4.61. The molecular weight excluding hydrogens is 344 g/mol. The Labute approximate surface area is 159 Å². The molecule has 0 spiro atoms. The first-order valence-electron chi connectivity index (χ1n) is 9.30. The van der Waals surface area contributed by atoms with Gasteiger partial charge < -0.3 is 19.5 Å². The summed E-state index contributed by atoms with van der Waals surface area (Å²) >= 11 is 0. The van der Waals surface area contributed by atoms with Crippen LogP contribution in [0.3, 0.4) is 0 Å². The van der Waals surface area contributed by atoms with E-state index in [9.17, 15) is 9.59 Å². The molecule has 3 rings (SSSR count). The van der Waals surface area contributed by atoms with E-state index >= 15 is 0 Å². The molecule has 1 aromatic carbocycles. The van der Waals surface area contributed by atoms with Crippen molar-refractivity contribution < 1.29 is 14.0 Å². The number of benzene rings is 1.